The molecule has 1 aromatic rings. The summed E-state index contributed by atoms with van der Waals surface area (Å²) < 4.78 is 5.54. The molecule has 22 heavy (non-hydrogen) atoms. The van der Waals surface area contributed by atoms with E-state index < -0.39 is 12.0 Å². The minimum atomic E-state index is -0.617. The largest absolute Gasteiger partial charge is 0.490 e. The maximum absolute atomic E-state index is 11.4. The Kier molecular flexibility index (Phi) is 6.06. The van der Waals surface area contributed by atoms with Crippen LogP contribution in [0.15, 0.2) is 18.2 Å². The summed E-state index contributed by atoms with van der Waals surface area (Å²) in [5.41, 5.74) is 5.57. The smallest absolute Gasteiger partial charge is 0.252 e. The number of amides is 1. The Morgan fingerprint density at radius 2 is 2.18 bits per heavy atom. The molecule has 2 rings (SSSR count). The summed E-state index contributed by atoms with van der Waals surface area (Å²) in [4.78, 5) is 13.6. The van der Waals surface area contributed by atoms with Crippen molar-refractivity contribution < 1.29 is 14.6 Å². The highest BCUT2D eigenvalue weighted by Gasteiger charge is 2.19. The Hall–Kier alpha value is -1.30. The Morgan fingerprint density at radius 1 is 1.50 bits per heavy atom. The molecule has 1 fully saturated rings. The number of hydrogen-bond acceptors (Lipinski definition) is 4. The zero-order chi connectivity index (χ0) is 16.1. The number of ether oxygens (including phenoxy) is 1. The third-order valence-electron chi connectivity index (χ3n) is 3.99. The van der Waals surface area contributed by atoms with E-state index in [2.05, 4.69) is 11.8 Å². The maximum Gasteiger partial charge on any atom is 0.252 e. The van der Waals surface area contributed by atoms with Crippen LogP contribution >= 0.6 is 11.6 Å². The van der Waals surface area contributed by atoms with Gasteiger partial charge >= 0.3 is 0 Å². The predicted molar refractivity (Wildman–Crippen MR) is 86.3 cm³/mol. The quantitative estimate of drug-likeness (QED) is 0.837. The number of nitrogens with zero attached hydrogens (tertiary/aromatic N) is 1. The fourth-order valence-electron chi connectivity index (χ4n) is 2.60. The van der Waals surface area contributed by atoms with Crippen LogP contribution < -0.4 is 10.5 Å². The SMILES string of the molecule is CC1CCN(C[C@H](O)COc2cc(Cl)ccc2C(N)=O)CC1. The fraction of sp³-hybridized carbons (Fsp3) is 0.562. The van der Waals surface area contributed by atoms with Crippen LogP contribution in [-0.2, 0) is 0 Å². The molecule has 0 bridgehead atoms. The van der Waals surface area contributed by atoms with Gasteiger partial charge in [-0.15, -0.1) is 0 Å². The first-order valence-corrected chi connectivity index (χ1v) is 7.96. The number of piperidine rings is 1. The third-order valence-corrected chi connectivity index (χ3v) is 4.22. The molecule has 0 aromatic heterocycles. The molecule has 3 N–H and O–H groups in total. The molecule has 122 valence electrons. The van der Waals surface area contributed by atoms with Crippen molar-refractivity contribution in [2.45, 2.75) is 25.9 Å². The van der Waals surface area contributed by atoms with Gasteiger partial charge in [-0.1, -0.05) is 18.5 Å². The van der Waals surface area contributed by atoms with Crippen molar-refractivity contribution >= 4 is 17.5 Å². The van der Waals surface area contributed by atoms with Crippen LogP contribution in [0.25, 0.3) is 0 Å². The number of β-amino-alcohol motifs (C(OH)–C–C–N with tert-alkyl or cyclic N) is 1. The first-order chi connectivity index (χ1) is 10.5. The number of primary amides is 1. The number of carbonyl (C=O) groups excluding carboxylic acids is 1. The Bertz CT molecular complexity index is 516. The van der Waals surface area contributed by atoms with E-state index in [1.165, 1.54) is 12.1 Å². The zero-order valence-electron chi connectivity index (χ0n) is 12.8. The lowest BCUT2D eigenvalue weighted by molar-refractivity contribution is 0.0558. The topological polar surface area (TPSA) is 75.8 Å². The molecule has 5 nitrogen and oxygen atoms in total. The summed E-state index contributed by atoms with van der Waals surface area (Å²) >= 11 is 5.90. The average molecular weight is 327 g/mol. The van der Waals surface area contributed by atoms with Crippen molar-refractivity contribution in [2.24, 2.45) is 11.7 Å². The van der Waals surface area contributed by atoms with Crippen LogP contribution in [-0.4, -0.2) is 48.3 Å². The van der Waals surface area contributed by atoms with Crippen molar-refractivity contribution in [1.29, 1.82) is 0 Å². The van der Waals surface area contributed by atoms with E-state index in [1.54, 1.807) is 6.07 Å². The monoisotopic (exact) mass is 326 g/mol. The highest BCUT2D eigenvalue weighted by atomic mass is 35.5. The number of hydrogen-bond donors (Lipinski definition) is 2. The number of aliphatic hydroxyl groups is 1. The second-order valence-corrected chi connectivity index (χ2v) is 6.39. The van der Waals surface area contributed by atoms with Crippen LogP contribution in [0.4, 0.5) is 0 Å². The summed E-state index contributed by atoms with van der Waals surface area (Å²) in [7, 11) is 0. The van der Waals surface area contributed by atoms with Gasteiger partial charge in [0.1, 0.15) is 18.5 Å². The highest BCUT2D eigenvalue weighted by molar-refractivity contribution is 6.30. The van der Waals surface area contributed by atoms with Gasteiger partial charge in [-0.25, -0.2) is 0 Å². The van der Waals surface area contributed by atoms with Gasteiger partial charge in [-0.3, -0.25) is 4.79 Å². The fourth-order valence-corrected chi connectivity index (χ4v) is 2.76. The Labute approximate surface area is 136 Å². The number of carbonyl (C=O) groups is 1. The van der Waals surface area contributed by atoms with Gasteiger partial charge in [0.05, 0.1) is 5.56 Å². The van der Waals surface area contributed by atoms with Crippen molar-refractivity contribution in [3.8, 4) is 5.75 Å². The number of halogens is 1. The van der Waals surface area contributed by atoms with Gasteiger partial charge in [0, 0.05) is 11.6 Å². The number of rotatable bonds is 6. The number of benzene rings is 1. The van der Waals surface area contributed by atoms with Crippen molar-refractivity contribution in [3.63, 3.8) is 0 Å². The molecule has 6 heteroatoms. The van der Waals surface area contributed by atoms with E-state index in [9.17, 15) is 9.90 Å². The first-order valence-electron chi connectivity index (χ1n) is 7.58. The molecule has 0 spiro atoms. The first kappa shape index (κ1) is 17.1. The van der Waals surface area contributed by atoms with Gasteiger partial charge in [0.25, 0.3) is 5.91 Å². The summed E-state index contributed by atoms with van der Waals surface area (Å²) in [5.74, 6) is 0.492. The van der Waals surface area contributed by atoms with Gasteiger partial charge in [0.15, 0.2) is 0 Å². The predicted octanol–water partition coefficient (Wildman–Crippen LogP) is 1.91. The molecule has 1 amide bonds. The standard InChI is InChI=1S/C16H23ClN2O3/c1-11-4-6-19(7-5-11)9-13(20)10-22-15-8-12(17)2-3-14(15)16(18)21/h2-3,8,11,13,20H,4-7,9-10H2,1H3,(H2,18,21)/t13-/m0/s1. The highest BCUT2D eigenvalue weighted by Crippen LogP contribution is 2.23. The van der Waals surface area contributed by atoms with E-state index in [1.807, 2.05) is 0 Å². The van der Waals surface area contributed by atoms with Crippen LogP contribution in [0.3, 0.4) is 0 Å². The molecule has 0 saturated carbocycles. The van der Waals surface area contributed by atoms with Crippen molar-refractivity contribution in [2.75, 3.05) is 26.2 Å². The molecule has 0 aliphatic carbocycles. The average Bonchev–Trinajstić information content (AvgIpc) is 2.47. The molecule has 1 saturated heterocycles. The van der Waals surface area contributed by atoms with E-state index in [0.29, 0.717) is 17.3 Å². The Balaban J connectivity index is 1.87. The van der Waals surface area contributed by atoms with Gasteiger partial charge < -0.3 is 20.5 Å². The van der Waals surface area contributed by atoms with Gasteiger partial charge in [0.2, 0.25) is 0 Å². The van der Waals surface area contributed by atoms with E-state index in [4.69, 9.17) is 22.1 Å². The van der Waals surface area contributed by atoms with Crippen LogP contribution in [0.2, 0.25) is 5.02 Å². The number of aliphatic hydroxyl groups excluding tert-OH is 1. The van der Waals surface area contributed by atoms with Crippen molar-refractivity contribution in [3.05, 3.63) is 28.8 Å². The van der Waals surface area contributed by atoms with Gasteiger partial charge in [-0.2, -0.15) is 0 Å². The van der Waals surface area contributed by atoms with Crippen LogP contribution in [0.5, 0.6) is 5.75 Å². The lowest BCUT2D eigenvalue weighted by Gasteiger charge is -2.31. The maximum atomic E-state index is 11.4. The Morgan fingerprint density at radius 3 is 2.82 bits per heavy atom. The summed E-state index contributed by atoms with van der Waals surface area (Å²) in [5, 5.41) is 10.6. The van der Waals surface area contributed by atoms with Crippen LogP contribution in [0.1, 0.15) is 30.1 Å². The molecule has 1 heterocycles. The van der Waals surface area contributed by atoms with E-state index >= 15 is 0 Å². The third kappa shape index (κ3) is 4.87. The lowest BCUT2D eigenvalue weighted by atomic mass is 9.99. The molecule has 1 atom stereocenters. The molecule has 0 radical (unpaired) electrons. The molecule has 1 aliphatic heterocycles. The molecule has 1 aliphatic rings. The zero-order valence-corrected chi connectivity index (χ0v) is 13.6. The number of likely N-dealkylation sites (tertiary alicyclic amines) is 1. The summed E-state index contributed by atoms with van der Waals surface area (Å²) in [6, 6.07) is 4.65. The second kappa shape index (κ2) is 7.81. The number of nitrogens with two attached hydrogens (primary N) is 1. The van der Waals surface area contributed by atoms with Crippen molar-refractivity contribution in [1.82, 2.24) is 4.90 Å². The second-order valence-electron chi connectivity index (χ2n) is 5.95. The minimum absolute atomic E-state index is 0.104. The lowest BCUT2D eigenvalue weighted by Crippen LogP contribution is -2.40. The minimum Gasteiger partial charge on any atom is -0.490 e. The van der Waals surface area contributed by atoms with E-state index in [-0.39, 0.29) is 12.2 Å². The summed E-state index contributed by atoms with van der Waals surface area (Å²) in [6.07, 6.45) is 1.70. The normalized spacial score (nSPS) is 18.1. The summed E-state index contributed by atoms with van der Waals surface area (Å²) in [6.45, 7) is 4.93. The molecular formula is C16H23ClN2O3. The van der Waals surface area contributed by atoms with E-state index in [0.717, 1.165) is 31.8 Å². The van der Waals surface area contributed by atoms with Crippen LogP contribution in [0, 0.1) is 5.92 Å². The molecular weight excluding hydrogens is 304 g/mol. The molecule has 0 unspecified atom stereocenters. The molecule has 1 aromatic carbocycles. The van der Waals surface area contributed by atoms with Gasteiger partial charge in [-0.05, 0) is 50.0 Å².